The van der Waals surface area contributed by atoms with Crippen molar-refractivity contribution in [1.82, 2.24) is 4.98 Å². The van der Waals surface area contributed by atoms with Crippen molar-refractivity contribution in [2.45, 2.75) is 13.3 Å². The van der Waals surface area contributed by atoms with Gasteiger partial charge in [-0.1, -0.05) is 22.0 Å². The lowest BCUT2D eigenvalue weighted by molar-refractivity contribution is -0.143. The summed E-state index contributed by atoms with van der Waals surface area (Å²) in [6.45, 7) is 2.47. The van der Waals surface area contributed by atoms with Gasteiger partial charge in [-0.25, -0.2) is 0 Å². The Morgan fingerprint density at radius 3 is 2.57 bits per heavy atom. The molecule has 21 heavy (non-hydrogen) atoms. The third-order valence-corrected chi connectivity index (χ3v) is 3.28. The highest BCUT2D eigenvalue weighted by atomic mass is 79.9. The minimum atomic E-state index is -0.278. The second kappa shape index (κ2) is 7.78. The van der Waals surface area contributed by atoms with E-state index in [4.69, 9.17) is 9.47 Å². The molecule has 0 atom stereocenters. The molecule has 0 amide bonds. The van der Waals surface area contributed by atoms with Crippen LogP contribution in [0, 0.1) is 6.92 Å². The number of carbonyl (C=O) groups is 1. The largest absolute Gasteiger partial charge is 0.490 e. The van der Waals surface area contributed by atoms with Gasteiger partial charge in [0.05, 0.1) is 6.42 Å². The van der Waals surface area contributed by atoms with Gasteiger partial charge < -0.3 is 9.47 Å². The molecule has 2 rings (SSSR count). The molecular weight excluding hydrogens is 334 g/mol. The molecule has 0 saturated heterocycles. The van der Waals surface area contributed by atoms with Gasteiger partial charge in [0, 0.05) is 16.4 Å². The van der Waals surface area contributed by atoms with Crippen molar-refractivity contribution in [3.63, 3.8) is 0 Å². The Morgan fingerprint density at radius 1 is 1.14 bits per heavy atom. The maximum atomic E-state index is 11.6. The van der Waals surface area contributed by atoms with Crippen LogP contribution in [-0.4, -0.2) is 24.2 Å². The number of hydrogen-bond acceptors (Lipinski definition) is 4. The van der Waals surface area contributed by atoms with Crippen molar-refractivity contribution in [3.8, 4) is 5.75 Å². The first-order valence-electron chi connectivity index (χ1n) is 6.59. The molecule has 0 aliphatic heterocycles. The first-order chi connectivity index (χ1) is 10.1. The van der Waals surface area contributed by atoms with Crippen molar-refractivity contribution in [2.24, 2.45) is 0 Å². The lowest BCUT2D eigenvalue weighted by Crippen LogP contribution is -2.14. The molecule has 5 heteroatoms. The van der Waals surface area contributed by atoms with E-state index in [2.05, 4.69) is 20.9 Å². The zero-order chi connectivity index (χ0) is 15.1. The fourth-order valence-electron chi connectivity index (χ4n) is 1.67. The van der Waals surface area contributed by atoms with Crippen LogP contribution in [-0.2, 0) is 16.0 Å². The summed E-state index contributed by atoms with van der Waals surface area (Å²) >= 11 is 3.35. The summed E-state index contributed by atoms with van der Waals surface area (Å²) in [5.74, 6) is 0.469. The van der Waals surface area contributed by atoms with Crippen LogP contribution in [0.1, 0.15) is 11.3 Å². The molecule has 1 heterocycles. The van der Waals surface area contributed by atoms with Gasteiger partial charge in [-0.2, -0.15) is 0 Å². The van der Waals surface area contributed by atoms with E-state index < -0.39 is 0 Å². The molecule has 1 aromatic carbocycles. The summed E-state index contributed by atoms with van der Waals surface area (Å²) < 4.78 is 11.6. The SMILES string of the molecule is Cc1ccc(CC(=O)OCCOc2ccc(Br)cc2)cn1. The lowest BCUT2D eigenvalue weighted by atomic mass is 10.2. The van der Waals surface area contributed by atoms with Gasteiger partial charge in [0.1, 0.15) is 19.0 Å². The van der Waals surface area contributed by atoms with Gasteiger partial charge in [-0.3, -0.25) is 9.78 Å². The summed E-state index contributed by atoms with van der Waals surface area (Å²) in [6.07, 6.45) is 1.92. The van der Waals surface area contributed by atoms with E-state index in [0.717, 1.165) is 21.5 Å². The minimum absolute atomic E-state index is 0.228. The van der Waals surface area contributed by atoms with Crippen molar-refractivity contribution in [1.29, 1.82) is 0 Å². The maximum Gasteiger partial charge on any atom is 0.310 e. The molecule has 110 valence electrons. The molecule has 0 radical (unpaired) electrons. The Kier molecular flexibility index (Phi) is 5.75. The van der Waals surface area contributed by atoms with Crippen LogP contribution >= 0.6 is 15.9 Å². The first-order valence-corrected chi connectivity index (χ1v) is 7.38. The summed E-state index contributed by atoms with van der Waals surface area (Å²) in [5, 5.41) is 0. The smallest absolute Gasteiger partial charge is 0.310 e. The number of halogens is 1. The summed E-state index contributed by atoms with van der Waals surface area (Å²) in [5.41, 5.74) is 1.77. The number of benzene rings is 1. The fraction of sp³-hybridized carbons (Fsp3) is 0.250. The zero-order valence-electron chi connectivity index (χ0n) is 11.7. The quantitative estimate of drug-likeness (QED) is 0.592. The molecule has 4 nitrogen and oxygen atoms in total. The van der Waals surface area contributed by atoms with Crippen molar-refractivity contribution in [2.75, 3.05) is 13.2 Å². The van der Waals surface area contributed by atoms with Gasteiger partial charge in [0.15, 0.2) is 0 Å². The number of ether oxygens (including phenoxy) is 2. The summed E-state index contributed by atoms with van der Waals surface area (Å²) in [7, 11) is 0. The van der Waals surface area contributed by atoms with Crippen LogP contribution in [0.15, 0.2) is 47.1 Å². The van der Waals surface area contributed by atoms with Crippen LogP contribution in [0.25, 0.3) is 0 Å². The van der Waals surface area contributed by atoms with E-state index in [1.165, 1.54) is 0 Å². The number of carbonyl (C=O) groups excluding carboxylic acids is 1. The Labute approximate surface area is 132 Å². The number of hydrogen-bond donors (Lipinski definition) is 0. The Morgan fingerprint density at radius 2 is 1.90 bits per heavy atom. The predicted octanol–water partition coefficient (Wildman–Crippen LogP) is 3.32. The third kappa shape index (κ3) is 5.55. The minimum Gasteiger partial charge on any atom is -0.490 e. The molecule has 0 aliphatic carbocycles. The Balaban J connectivity index is 1.67. The van der Waals surface area contributed by atoms with Crippen LogP contribution in [0.2, 0.25) is 0 Å². The molecule has 0 N–H and O–H groups in total. The number of nitrogens with zero attached hydrogens (tertiary/aromatic N) is 1. The monoisotopic (exact) mass is 349 g/mol. The van der Waals surface area contributed by atoms with E-state index in [9.17, 15) is 4.79 Å². The number of rotatable bonds is 6. The van der Waals surface area contributed by atoms with E-state index in [1.807, 2.05) is 43.3 Å². The molecule has 2 aromatic rings. The summed E-state index contributed by atoms with van der Waals surface area (Å²) in [6, 6.07) is 11.2. The molecule has 0 bridgehead atoms. The van der Waals surface area contributed by atoms with Crippen molar-refractivity contribution < 1.29 is 14.3 Å². The molecule has 1 aromatic heterocycles. The Bertz CT molecular complexity index is 581. The van der Waals surface area contributed by atoms with Crippen molar-refractivity contribution in [3.05, 3.63) is 58.3 Å². The van der Waals surface area contributed by atoms with Crippen LogP contribution in [0.4, 0.5) is 0 Å². The number of esters is 1. The molecule has 0 fully saturated rings. The number of pyridine rings is 1. The average Bonchev–Trinajstić information content (AvgIpc) is 2.48. The van der Waals surface area contributed by atoms with Crippen LogP contribution in [0.3, 0.4) is 0 Å². The summed E-state index contributed by atoms with van der Waals surface area (Å²) in [4.78, 5) is 15.8. The molecule has 0 spiro atoms. The van der Waals surface area contributed by atoms with Crippen LogP contribution in [0.5, 0.6) is 5.75 Å². The van der Waals surface area contributed by atoms with Crippen LogP contribution < -0.4 is 4.74 Å². The van der Waals surface area contributed by atoms with Crippen molar-refractivity contribution >= 4 is 21.9 Å². The van der Waals surface area contributed by atoms with Gasteiger partial charge in [-0.05, 0) is 42.8 Å². The highest BCUT2D eigenvalue weighted by Gasteiger charge is 2.05. The van der Waals surface area contributed by atoms with Gasteiger partial charge in [-0.15, -0.1) is 0 Å². The van der Waals surface area contributed by atoms with E-state index in [1.54, 1.807) is 6.20 Å². The maximum absolute atomic E-state index is 11.6. The van der Waals surface area contributed by atoms with E-state index in [0.29, 0.717) is 6.61 Å². The average molecular weight is 350 g/mol. The Hall–Kier alpha value is -1.88. The third-order valence-electron chi connectivity index (χ3n) is 2.75. The predicted molar refractivity (Wildman–Crippen MR) is 83.3 cm³/mol. The van der Waals surface area contributed by atoms with Gasteiger partial charge >= 0.3 is 5.97 Å². The number of aromatic nitrogens is 1. The second-order valence-electron chi connectivity index (χ2n) is 4.51. The lowest BCUT2D eigenvalue weighted by Gasteiger charge is -2.07. The molecule has 0 saturated carbocycles. The normalized spacial score (nSPS) is 10.2. The van der Waals surface area contributed by atoms with E-state index in [-0.39, 0.29) is 19.0 Å². The highest BCUT2D eigenvalue weighted by Crippen LogP contribution is 2.15. The molecule has 0 aliphatic rings. The number of aryl methyl sites for hydroxylation is 1. The first kappa shape index (κ1) is 15.5. The zero-order valence-corrected chi connectivity index (χ0v) is 13.3. The second-order valence-corrected chi connectivity index (χ2v) is 5.42. The highest BCUT2D eigenvalue weighted by molar-refractivity contribution is 9.10. The van der Waals surface area contributed by atoms with E-state index >= 15 is 0 Å². The molecular formula is C16H16BrNO3. The van der Waals surface area contributed by atoms with Gasteiger partial charge in [0.2, 0.25) is 0 Å². The fourth-order valence-corrected chi connectivity index (χ4v) is 1.93. The van der Waals surface area contributed by atoms with Gasteiger partial charge in [0.25, 0.3) is 0 Å². The standard InChI is InChI=1S/C16H16BrNO3/c1-12-2-3-13(11-18-12)10-16(19)21-9-8-20-15-6-4-14(17)5-7-15/h2-7,11H,8-10H2,1H3. The topological polar surface area (TPSA) is 48.4 Å². The molecule has 0 unspecified atom stereocenters.